The minimum atomic E-state index is -0.705. The van der Waals surface area contributed by atoms with E-state index in [0.29, 0.717) is 25.5 Å². The highest BCUT2D eigenvalue weighted by Crippen LogP contribution is 2.41. The largest absolute Gasteiger partial charge is 0.493 e. The Labute approximate surface area is 354 Å². The van der Waals surface area contributed by atoms with E-state index in [2.05, 4.69) is 67.6 Å². The Kier molecular flexibility index (Phi) is 11.8. The van der Waals surface area contributed by atoms with Gasteiger partial charge < -0.3 is 49.2 Å². The third kappa shape index (κ3) is 8.14. The number of rotatable bonds is 10. The van der Waals surface area contributed by atoms with Crippen molar-refractivity contribution in [1.29, 1.82) is 0 Å². The lowest BCUT2D eigenvalue weighted by Crippen LogP contribution is -2.51. The van der Waals surface area contributed by atoms with E-state index >= 15 is 0 Å². The maximum atomic E-state index is 13.7. The number of nitrogens with zero attached hydrogens (tertiary/aromatic N) is 5. The van der Waals surface area contributed by atoms with Crippen molar-refractivity contribution >= 4 is 34.9 Å². The average molecular weight is 834 g/mol. The Balaban J connectivity index is 1.02. The molecule has 2 aromatic carbocycles. The SMILES string of the molecule is COC(=O)NC(C(=O)N1CCCC1c1ncc(-c2ccc3c(c2)OCCCn2c-3cc3cc(-c4cnc(C5CCCN5C(=O)C(NC(=O)OC)C(C)C)[nH]4)ccc32)[nH]1)C(C)C. The van der Waals surface area contributed by atoms with Crippen LogP contribution >= 0.6 is 0 Å². The van der Waals surface area contributed by atoms with Gasteiger partial charge in [-0.2, -0.15) is 0 Å². The van der Waals surface area contributed by atoms with Crippen LogP contribution in [-0.4, -0.2) is 104 Å². The summed E-state index contributed by atoms with van der Waals surface area (Å²) < 4.78 is 18.3. The highest BCUT2D eigenvalue weighted by atomic mass is 16.5. The van der Waals surface area contributed by atoms with Crippen molar-refractivity contribution in [2.75, 3.05) is 33.9 Å². The summed E-state index contributed by atoms with van der Waals surface area (Å²) in [5.74, 6) is 1.68. The summed E-state index contributed by atoms with van der Waals surface area (Å²) in [6, 6.07) is 13.0. The van der Waals surface area contributed by atoms with E-state index in [4.69, 9.17) is 24.2 Å². The van der Waals surface area contributed by atoms with Crippen molar-refractivity contribution in [2.45, 2.75) is 90.5 Å². The molecular formula is C45H55N9O7. The van der Waals surface area contributed by atoms with Gasteiger partial charge >= 0.3 is 12.2 Å². The third-order valence-electron chi connectivity index (χ3n) is 12.2. The van der Waals surface area contributed by atoms with E-state index in [1.165, 1.54) is 14.2 Å². The quantitative estimate of drug-likeness (QED) is 0.115. The highest BCUT2D eigenvalue weighted by Gasteiger charge is 2.39. The standard InChI is InChI=1S/C45H55N9O7/c1-25(2)38(50-44(57)59-5)42(55)53-16-7-10-34(53)40-46-23-31(48-40)27-13-15-33-29(20-27)21-36-30-14-12-28(22-37(30)61-19-9-18-52(33)36)32-24-47-41(49-32)35-11-8-17-54(35)43(56)39(26(3)4)51-45(58)60-6/h12-15,20-26,34-35,38-39H,7-11,16-19H2,1-6H3,(H,46,48)(H,47,49)(H,50,57)(H,51,58). The first-order valence-electron chi connectivity index (χ1n) is 21.3. The molecule has 61 heavy (non-hydrogen) atoms. The maximum absolute atomic E-state index is 13.7. The molecule has 322 valence electrons. The molecule has 5 aromatic rings. The van der Waals surface area contributed by atoms with Crippen LogP contribution in [0, 0.1) is 11.8 Å². The Morgan fingerprint density at radius 2 is 1.26 bits per heavy atom. The van der Waals surface area contributed by atoms with Crippen molar-refractivity contribution in [3.8, 4) is 39.5 Å². The van der Waals surface area contributed by atoms with Gasteiger partial charge in [-0.3, -0.25) is 9.59 Å². The molecule has 3 aromatic heterocycles. The second kappa shape index (κ2) is 17.3. The number of benzene rings is 2. The molecule has 3 aliphatic rings. The van der Waals surface area contributed by atoms with Crippen LogP contribution in [0.1, 0.15) is 83.5 Å². The molecular weight excluding hydrogens is 779 g/mol. The molecule has 4 N–H and O–H groups in total. The van der Waals surface area contributed by atoms with Crippen LogP contribution in [0.15, 0.2) is 54.9 Å². The molecule has 16 heteroatoms. The fourth-order valence-electron chi connectivity index (χ4n) is 9.02. The number of aryl methyl sites for hydroxylation is 1. The summed E-state index contributed by atoms with van der Waals surface area (Å²) in [6.07, 6.45) is 6.42. The monoisotopic (exact) mass is 833 g/mol. The highest BCUT2D eigenvalue weighted by molar-refractivity contribution is 5.92. The summed E-state index contributed by atoms with van der Waals surface area (Å²) in [4.78, 5) is 71.6. The van der Waals surface area contributed by atoms with Crippen molar-refractivity contribution < 1.29 is 33.4 Å². The van der Waals surface area contributed by atoms with Crippen molar-refractivity contribution in [1.82, 2.24) is 44.9 Å². The van der Waals surface area contributed by atoms with Gasteiger partial charge in [-0.05, 0) is 74.3 Å². The lowest BCUT2D eigenvalue weighted by molar-refractivity contribution is -0.136. The van der Waals surface area contributed by atoms with Crippen molar-refractivity contribution in [3.63, 3.8) is 0 Å². The average Bonchev–Trinajstić information content (AvgIpc) is 4.11. The summed E-state index contributed by atoms with van der Waals surface area (Å²) >= 11 is 0. The van der Waals surface area contributed by atoms with Gasteiger partial charge in [-0.15, -0.1) is 0 Å². The third-order valence-corrected chi connectivity index (χ3v) is 12.2. The Morgan fingerprint density at radius 3 is 1.80 bits per heavy atom. The zero-order valence-corrected chi connectivity index (χ0v) is 35.6. The normalized spacial score (nSPS) is 18.6. The number of carbonyl (C=O) groups excluding carboxylic acids is 4. The van der Waals surface area contributed by atoms with Crippen LogP contribution in [0.4, 0.5) is 9.59 Å². The number of alkyl carbamates (subject to hydrolysis) is 2. The molecule has 8 rings (SSSR count). The molecule has 0 bridgehead atoms. The number of ether oxygens (including phenoxy) is 3. The molecule has 2 saturated heterocycles. The van der Waals surface area contributed by atoms with E-state index < -0.39 is 24.3 Å². The lowest BCUT2D eigenvalue weighted by Gasteiger charge is -2.30. The summed E-state index contributed by atoms with van der Waals surface area (Å²) in [7, 11) is 2.58. The zero-order chi connectivity index (χ0) is 42.9. The molecule has 6 heterocycles. The zero-order valence-electron chi connectivity index (χ0n) is 35.6. The fourth-order valence-corrected chi connectivity index (χ4v) is 9.02. The number of amides is 4. The Hall–Kier alpha value is -6.32. The van der Waals surface area contributed by atoms with Gasteiger partial charge in [0.05, 0.1) is 62.4 Å². The number of carbonyl (C=O) groups is 4. The fraction of sp³-hybridized carbons (Fsp3) is 0.467. The topological polar surface area (TPSA) is 189 Å². The van der Waals surface area contributed by atoms with E-state index in [0.717, 1.165) is 94.9 Å². The van der Waals surface area contributed by atoms with Crippen molar-refractivity contribution in [2.24, 2.45) is 11.8 Å². The first-order chi connectivity index (χ1) is 29.4. The minimum Gasteiger partial charge on any atom is -0.493 e. The van der Waals surface area contributed by atoms with Crippen LogP contribution in [0.25, 0.3) is 44.7 Å². The number of methoxy groups -OCH3 is 2. The lowest BCUT2D eigenvalue weighted by atomic mass is 10.0. The summed E-state index contributed by atoms with van der Waals surface area (Å²) in [5.41, 5.74) is 6.75. The van der Waals surface area contributed by atoms with Gasteiger partial charge in [0.2, 0.25) is 11.8 Å². The van der Waals surface area contributed by atoms with Gasteiger partial charge in [0.1, 0.15) is 29.5 Å². The van der Waals surface area contributed by atoms with Crippen LogP contribution < -0.4 is 15.4 Å². The van der Waals surface area contributed by atoms with Crippen LogP contribution in [0.5, 0.6) is 5.75 Å². The molecule has 4 unspecified atom stereocenters. The van der Waals surface area contributed by atoms with Gasteiger partial charge in [0.25, 0.3) is 0 Å². The van der Waals surface area contributed by atoms with Gasteiger partial charge in [0, 0.05) is 47.2 Å². The predicted molar refractivity (Wildman–Crippen MR) is 228 cm³/mol. The number of H-pyrrole nitrogens is 2. The number of fused-ring (bicyclic) bond motifs is 5. The van der Waals surface area contributed by atoms with Crippen LogP contribution in [0.3, 0.4) is 0 Å². The molecule has 2 fully saturated rings. The Bertz CT molecular complexity index is 2430. The van der Waals surface area contributed by atoms with Gasteiger partial charge in [-0.1, -0.05) is 39.8 Å². The van der Waals surface area contributed by atoms with E-state index in [1.807, 2.05) is 43.7 Å². The van der Waals surface area contributed by atoms with Crippen molar-refractivity contribution in [3.05, 3.63) is 66.5 Å². The van der Waals surface area contributed by atoms with Gasteiger partial charge in [-0.25, -0.2) is 19.6 Å². The first-order valence-corrected chi connectivity index (χ1v) is 21.3. The number of hydrogen-bond acceptors (Lipinski definition) is 9. The number of imidazole rings is 2. The molecule has 3 aliphatic heterocycles. The summed E-state index contributed by atoms with van der Waals surface area (Å²) in [5, 5.41) is 6.51. The molecule has 4 atom stereocenters. The second-order valence-electron chi connectivity index (χ2n) is 16.8. The van der Waals surface area contributed by atoms with E-state index in [-0.39, 0.29) is 35.7 Å². The first kappa shape index (κ1) is 41.4. The molecule has 4 amide bonds. The second-order valence-corrected chi connectivity index (χ2v) is 16.8. The Morgan fingerprint density at radius 1 is 0.721 bits per heavy atom. The van der Waals surface area contributed by atoms with Gasteiger partial charge in [0.15, 0.2) is 0 Å². The number of aromatic nitrogens is 5. The predicted octanol–water partition coefficient (Wildman–Crippen LogP) is 6.96. The molecule has 0 radical (unpaired) electrons. The molecule has 0 saturated carbocycles. The smallest absolute Gasteiger partial charge is 0.407 e. The van der Waals surface area contributed by atoms with E-state index in [9.17, 15) is 19.2 Å². The minimum absolute atomic E-state index is 0.115. The van der Waals surface area contributed by atoms with E-state index in [1.54, 1.807) is 6.20 Å². The van der Waals surface area contributed by atoms with Crippen LogP contribution in [0.2, 0.25) is 0 Å². The number of likely N-dealkylation sites (tertiary alicyclic amines) is 2. The maximum Gasteiger partial charge on any atom is 0.407 e. The molecule has 0 spiro atoms. The summed E-state index contributed by atoms with van der Waals surface area (Å²) in [6.45, 7) is 10.1. The number of aromatic amines is 2. The number of nitrogens with one attached hydrogen (secondary N) is 4. The number of hydrogen-bond donors (Lipinski definition) is 4. The molecule has 0 aliphatic carbocycles. The molecule has 16 nitrogen and oxygen atoms in total. The van der Waals surface area contributed by atoms with Crippen LogP contribution in [-0.2, 0) is 25.6 Å².